The fraction of sp³-hybridized carbons (Fsp3) is 0.800. The van der Waals surface area contributed by atoms with E-state index in [2.05, 4.69) is 25.3 Å². The highest BCUT2D eigenvalue weighted by atomic mass is 32.1. The Morgan fingerprint density at radius 3 is 2.67 bits per heavy atom. The van der Waals surface area contributed by atoms with Crippen LogP contribution in [-0.2, 0) is 9.53 Å². The molecule has 1 rings (SSSR count). The van der Waals surface area contributed by atoms with Gasteiger partial charge in [-0.25, -0.2) is 0 Å². The van der Waals surface area contributed by atoms with E-state index in [-0.39, 0.29) is 5.25 Å². The average molecular weight is 164 g/mol. The Bertz CT molecular complexity index is 128. The van der Waals surface area contributed by atoms with Gasteiger partial charge in [-0.2, -0.15) is 12.6 Å². The molecule has 1 aliphatic rings. The van der Waals surface area contributed by atoms with Gasteiger partial charge in [0.05, 0.1) is 6.61 Å². The Morgan fingerprint density at radius 2 is 2.44 bits per heavy atom. The predicted octanol–water partition coefficient (Wildman–Crippen LogP) is 0.530. The van der Waals surface area contributed by atoms with Gasteiger partial charge in [0.15, 0.2) is 11.2 Å². The molecule has 0 bridgehead atoms. The maximum atomic E-state index is 10.3. The first-order valence-corrected chi connectivity index (χ1v) is 3.66. The minimum Gasteiger partial charge on any atom is -0.356 e. The van der Waals surface area contributed by atoms with Crippen molar-refractivity contribution in [1.82, 2.24) is 0 Å². The van der Waals surface area contributed by atoms with Crippen molar-refractivity contribution >= 4 is 31.5 Å². The second-order valence-corrected chi connectivity index (χ2v) is 3.34. The van der Waals surface area contributed by atoms with Crippen LogP contribution in [0.5, 0.6) is 0 Å². The molecule has 0 amide bonds. The van der Waals surface area contributed by atoms with E-state index in [1.165, 1.54) is 0 Å². The lowest BCUT2D eigenvalue weighted by atomic mass is 10.2. The third-order valence-corrected chi connectivity index (χ3v) is 2.76. The molecule has 2 unspecified atom stereocenters. The van der Waals surface area contributed by atoms with Gasteiger partial charge in [0.25, 0.3) is 0 Å². The zero-order valence-electron chi connectivity index (χ0n) is 4.78. The third kappa shape index (κ3) is 1.25. The molecule has 1 fully saturated rings. The van der Waals surface area contributed by atoms with Crippen molar-refractivity contribution in [1.29, 1.82) is 0 Å². The van der Waals surface area contributed by atoms with Gasteiger partial charge in [-0.3, -0.25) is 4.79 Å². The summed E-state index contributed by atoms with van der Waals surface area (Å²) in [6.07, 6.45) is 1.49. The fourth-order valence-corrected chi connectivity index (χ4v) is 1.21. The van der Waals surface area contributed by atoms with E-state index in [1.807, 2.05) is 0 Å². The van der Waals surface area contributed by atoms with Crippen molar-refractivity contribution in [3.8, 4) is 0 Å². The van der Waals surface area contributed by atoms with E-state index in [1.54, 1.807) is 0 Å². The lowest BCUT2D eigenvalue weighted by molar-refractivity contribution is -0.117. The summed E-state index contributed by atoms with van der Waals surface area (Å²) in [5.74, 6) is 0. The molecule has 9 heavy (non-hydrogen) atoms. The van der Waals surface area contributed by atoms with Crippen molar-refractivity contribution in [2.45, 2.75) is 16.6 Å². The Kier molecular flexibility index (Phi) is 2.08. The van der Waals surface area contributed by atoms with E-state index >= 15 is 0 Å². The molecule has 4 heteroatoms. The first kappa shape index (κ1) is 7.44. The normalized spacial score (nSPS) is 43.1. The predicted molar refractivity (Wildman–Crippen MR) is 41.1 cm³/mol. The van der Waals surface area contributed by atoms with E-state index in [4.69, 9.17) is 4.74 Å². The first-order chi connectivity index (χ1) is 4.19. The van der Waals surface area contributed by atoms with Crippen LogP contribution in [0.25, 0.3) is 0 Å². The maximum absolute atomic E-state index is 10.3. The molecule has 52 valence electrons. The topological polar surface area (TPSA) is 26.3 Å². The van der Waals surface area contributed by atoms with Crippen LogP contribution in [0, 0.1) is 0 Å². The molecule has 0 aromatic carbocycles. The molecule has 1 heterocycles. The quantitative estimate of drug-likeness (QED) is 0.437. The maximum Gasteiger partial charge on any atom is 0.177 e. The summed E-state index contributed by atoms with van der Waals surface area (Å²) < 4.78 is 5.02. The molecule has 0 N–H and O–H groups in total. The van der Waals surface area contributed by atoms with Gasteiger partial charge in [-0.15, -0.1) is 12.6 Å². The lowest BCUT2D eigenvalue weighted by Crippen LogP contribution is -2.30. The molecule has 0 aliphatic carbocycles. The van der Waals surface area contributed by atoms with E-state index in [0.29, 0.717) is 12.9 Å². The lowest BCUT2D eigenvalue weighted by Gasteiger charge is -2.17. The van der Waals surface area contributed by atoms with Gasteiger partial charge in [-0.1, -0.05) is 0 Å². The molecular weight excluding hydrogens is 156 g/mol. The molecule has 1 aliphatic heterocycles. The van der Waals surface area contributed by atoms with Crippen LogP contribution in [0.1, 0.15) is 6.42 Å². The number of aldehydes is 1. The molecule has 0 aromatic rings. The summed E-state index contributed by atoms with van der Waals surface area (Å²) in [6, 6.07) is 0. The second kappa shape index (κ2) is 2.52. The van der Waals surface area contributed by atoms with Crippen molar-refractivity contribution < 1.29 is 9.53 Å². The van der Waals surface area contributed by atoms with Gasteiger partial charge >= 0.3 is 0 Å². The average Bonchev–Trinajstić information content (AvgIpc) is 2.15. The molecular formula is C5H8O2S2. The molecule has 1 saturated heterocycles. The number of rotatable bonds is 1. The summed E-state index contributed by atoms with van der Waals surface area (Å²) in [4.78, 5) is 9.36. The van der Waals surface area contributed by atoms with Crippen LogP contribution in [0.2, 0.25) is 0 Å². The van der Waals surface area contributed by atoms with Gasteiger partial charge in [-0.05, 0) is 6.42 Å². The highest BCUT2D eigenvalue weighted by Crippen LogP contribution is 2.31. The number of hydrogen-bond acceptors (Lipinski definition) is 4. The zero-order chi connectivity index (χ0) is 6.91. The number of carbonyl (C=O) groups excluding carboxylic acids is 1. The van der Waals surface area contributed by atoms with Gasteiger partial charge in [0.2, 0.25) is 0 Å². The standard InChI is InChI=1S/C5H8O2S2/c6-3-5(9)4(8)1-2-7-5/h3-4,8-9H,1-2H2. The van der Waals surface area contributed by atoms with Crippen LogP contribution < -0.4 is 0 Å². The molecule has 2 nitrogen and oxygen atoms in total. The Labute approximate surface area is 64.8 Å². The van der Waals surface area contributed by atoms with Gasteiger partial charge in [0, 0.05) is 5.25 Å². The molecule has 0 spiro atoms. The first-order valence-electron chi connectivity index (χ1n) is 2.70. The monoisotopic (exact) mass is 164 g/mol. The summed E-state index contributed by atoms with van der Waals surface area (Å²) >= 11 is 8.13. The van der Waals surface area contributed by atoms with Gasteiger partial charge < -0.3 is 4.74 Å². The number of thiol groups is 2. The Morgan fingerprint density at radius 1 is 1.78 bits per heavy atom. The molecule has 0 radical (unpaired) electrons. The Hall–Kier alpha value is 0.330. The highest BCUT2D eigenvalue weighted by molar-refractivity contribution is 7.86. The highest BCUT2D eigenvalue weighted by Gasteiger charge is 2.38. The van der Waals surface area contributed by atoms with Crippen LogP contribution in [0.4, 0.5) is 0 Å². The zero-order valence-corrected chi connectivity index (χ0v) is 6.57. The molecule has 2 atom stereocenters. The van der Waals surface area contributed by atoms with Crippen LogP contribution in [0.15, 0.2) is 0 Å². The summed E-state index contributed by atoms with van der Waals surface area (Å²) in [7, 11) is 0. The summed E-state index contributed by atoms with van der Waals surface area (Å²) in [5.41, 5.74) is 0. The van der Waals surface area contributed by atoms with E-state index in [9.17, 15) is 4.79 Å². The minimum absolute atomic E-state index is 0.0571. The van der Waals surface area contributed by atoms with Crippen molar-refractivity contribution in [3.05, 3.63) is 0 Å². The SMILES string of the molecule is O=CC1(S)OCCC1S. The second-order valence-electron chi connectivity index (χ2n) is 2.02. The Balaban J connectivity index is 2.66. The number of carbonyl (C=O) groups is 1. The summed E-state index contributed by atoms with van der Waals surface area (Å²) in [5, 5.41) is -0.0571. The van der Waals surface area contributed by atoms with Crippen LogP contribution >= 0.6 is 25.3 Å². The molecule has 0 aromatic heterocycles. The molecule has 0 saturated carbocycles. The van der Waals surface area contributed by atoms with Crippen molar-refractivity contribution in [3.63, 3.8) is 0 Å². The van der Waals surface area contributed by atoms with Crippen molar-refractivity contribution in [2.75, 3.05) is 6.61 Å². The summed E-state index contributed by atoms with van der Waals surface area (Å²) in [6.45, 7) is 0.580. The fourth-order valence-electron chi connectivity index (χ4n) is 0.750. The van der Waals surface area contributed by atoms with E-state index < -0.39 is 4.93 Å². The van der Waals surface area contributed by atoms with Gasteiger partial charge in [0.1, 0.15) is 0 Å². The smallest absolute Gasteiger partial charge is 0.177 e. The third-order valence-electron chi connectivity index (χ3n) is 1.37. The minimum atomic E-state index is -0.927. The van der Waals surface area contributed by atoms with Crippen LogP contribution in [0.3, 0.4) is 0 Å². The van der Waals surface area contributed by atoms with Crippen LogP contribution in [-0.4, -0.2) is 23.1 Å². The number of ether oxygens (including phenoxy) is 1. The van der Waals surface area contributed by atoms with Crippen molar-refractivity contribution in [2.24, 2.45) is 0 Å². The number of hydrogen-bond donors (Lipinski definition) is 2. The largest absolute Gasteiger partial charge is 0.356 e. The van der Waals surface area contributed by atoms with E-state index in [0.717, 1.165) is 6.42 Å².